The lowest BCUT2D eigenvalue weighted by molar-refractivity contribution is -0.0405. The molecule has 1 aliphatic heterocycles. The molecule has 0 unspecified atom stereocenters. The second-order valence-electron chi connectivity index (χ2n) is 9.02. The first-order chi connectivity index (χ1) is 12.8. The van der Waals surface area contributed by atoms with Crippen LogP contribution < -0.4 is 0 Å². The predicted octanol–water partition coefficient (Wildman–Crippen LogP) is 3.01. The molecule has 1 saturated carbocycles. The molecule has 2 aromatic rings. The van der Waals surface area contributed by atoms with Gasteiger partial charge in [-0.2, -0.15) is 0 Å². The molecule has 2 aromatic heterocycles. The molecule has 7 heteroatoms. The van der Waals surface area contributed by atoms with Gasteiger partial charge in [0.05, 0.1) is 22.9 Å². The van der Waals surface area contributed by atoms with E-state index in [0.29, 0.717) is 30.8 Å². The number of hydrogen-bond donors (Lipinski definition) is 2. The van der Waals surface area contributed by atoms with Gasteiger partial charge in [-0.15, -0.1) is 0 Å². The van der Waals surface area contributed by atoms with Gasteiger partial charge in [0.15, 0.2) is 0 Å². The number of aromatic nitrogens is 3. The molecule has 2 aliphatic rings. The molecule has 2 N–H and O–H groups in total. The van der Waals surface area contributed by atoms with E-state index in [4.69, 9.17) is 4.98 Å². The van der Waals surface area contributed by atoms with Gasteiger partial charge >= 0.3 is 0 Å². The van der Waals surface area contributed by atoms with Crippen molar-refractivity contribution in [3.63, 3.8) is 0 Å². The van der Waals surface area contributed by atoms with Crippen molar-refractivity contribution < 1.29 is 10.2 Å². The summed E-state index contributed by atoms with van der Waals surface area (Å²) < 4.78 is 0. The molecule has 1 saturated heterocycles. The predicted molar refractivity (Wildman–Crippen MR) is 107 cm³/mol. The van der Waals surface area contributed by atoms with E-state index in [1.54, 1.807) is 11.3 Å². The Bertz CT molecular complexity index is 812. The second-order valence-corrected chi connectivity index (χ2v) is 10.0. The standard InChI is InChI=1S/C20H30N4O2S/c1-12-21-14(10-24-9-6-15(25)16(26)11-24)17-19(22-12)27-18(23-17)13-4-7-20(2,3)8-5-13/h13,15-16,25-26H,4-11H2,1-3H3/t15-,16-/m0/s1. The summed E-state index contributed by atoms with van der Waals surface area (Å²) in [5.41, 5.74) is 2.32. The maximum absolute atomic E-state index is 9.97. The molecule has 6 nitrogen and oxygen atoms in total. The number of hydrogen-bond acceptors (Lipinski definition) is 7. The average molecular weight is 391 g/mol. The number of thiazole rings is 1. The normalized spacial score (nSPS) is 27.3. The molecule has 0 bridgehead atoms. The fraction of sp³-hybridized carbons (Fsp3) is 0.750. The first-order valence-electron chi connectivity index (χ1n) is 10.0. The highest BCUT2D eigenvalue weighted by Gasteiger charge is 2.30. The van der Waals surface area contributed by atoms with Crippen molar-refractivity contribution in [2.45, 2.75) is 77.5 Å². The van der Waals surface area contributed by atoms with E-state index in [9.17, 15) is 10.2 Å². The Hall–Kier alpha value is -1.15. The van der Waals surface area contributed by atoms with Crippen molar-refractivity contribution in [3.8, 4) is 0 Å². The number of piperidine rings is 1. The Balaban J connectivity index is 1.57. The van der Waals surface area contributed by atoms with Crippen LogP contribution in [0.25, 0.3) is 10.3 Å². The zero-order valence-corrected chi connectivity index (χ0v) is 17.3. The van der Waals surface area contributed by atoms with Crippen LogP contribution in [0.2, 0.25) is 0 Å². The molecule has 1 aliphatic carbocycles. The van der Waals surface area contributed by atoms with Gasteiger partial charge in [-0.05, 0) is 44.4 Å². The summed E-state index contributed by atoms with van der Waals surface area (Å²) in [6.07, 6.45) is 4.19. The van der Waals surface area contributed by atoms with Gasteiger partial charge in [-0.25, -0.2) is 15.0 Å². The van der Waals surface area contributed by atoms with E-state index >= 15 is 0 Å². The molecule has 148 valence electrons. The van der Waals surface area contributed by atoms with Crippen molar-refractivity contribution >= 4 is 21.7 Å². The van der Waals surface area contributed by atoms with Crippen molar-refractivity contribution in [2.75, 3.05) is 13.1 Å². The van der Waals surface area contributed by atoms with Gasteiger partial charge in [0.25, 0.3) is 0 Å². The summed E-state index contributed by atoms with van der Waals surface area (Å²) in [4.78, 5) is 17.4. The highest BCUT2D eigenvalue weighted by molar-refractivity contribution is 7.18. The molecule has 0 amide bonds. The minimum Gasteiger partial charge on any atom is -0.390 e. The SMILES string of the molecule is Cc1nc(CN2CC[C@H](O)[C@@H](O)C2)c2nc(C3CCC(C)(C)CC3)sc2n1. The molecule has 4 rings (SSSR count). The molecule has 0 radical (unpaired) electrons. The van der Waals surface area contributed by atoms with Crippen LogP contribution in [0.15, 0.2) is 0 Å². The smallest absolute Gasteiger partial charge is 0.147 e. The fourth-order valence-electron chi connectivity index (χ4n) is 4.28. The van der Waals surface area contributed by atoms with Gasteiger partial charge < -0.3 is 10.2 Å². The summed E-state index contributed by atoms with van der Waals surface area (Å²) in [7, 11) is 0. The van der Waals surface area contributed by atoms with E-state index in [1.165, 1.54) is 30.7 Å². The molecule has 3 heterocycles. The fourth-order valence-corrected chi connectivity index (χ4v) is 5.46. The van der Waals surface area contributed by atoms with E-state index < -0.39 is 12.2 Å². The van der Waals surface area contributed by atoms with Gasteiger partial charge in [-0.1, -0.05) is 25.2 Å². The zero-order chi connectivity index (χ0) is 19.2. The second kappa shape index (κ2) is 7.35. The van der Waals surface area contributed by atoms with Crippen molar-refractivity contribution in [1.82, 2.24) is 19.9 Å². The summed E-state index contributed by atoms with van der Waals surface area (Å²) in [5.74, 6) is 1.31. The van der Waals surface area contributed by atoms with Crippen LogP contribution in [0.4, 0.5) is 0 Å². The quantitative estimate of drug-likeness (QED) is 0.838. The first-order valence-corrected chi connectivity index (χ1v) is 10.8. The van der Waals surface area contributed by atoms with Crippen LogP contribution in [0, 0.1) is 12.3 Å². The third-order valence-electron chi connectivity index (χ3n) is 6.15. The monoisotopic (exact) mass is 390 g/mol. The lowest BCUT2D eigenvalue weighted by atomic mass is 9.73. The van der Waals surface area contributed by atoms with Crippen LogP contribution >= 0.6 is 11.3 Å². The topological polar surface area (TPSA) is 82.4 Å². The molecule has 2 fully saturated rings. The third-order valence-corrected chi connectivity index (χ3v) is 7.26. The maximum Gasteiger partial charge on any atom is 0.147 e. The summed E-state index contributed by atoms with van der Waals surface area (Å²) in [6.45, 7) is 8.53. The average Bonchev–Trinajstić information content (AvgIpc) is 3.02. The Kier molecular flexibility index (Phi) is 5.22. The Morgan fingerprint density at radius 3 is 2.52 bits per heavy atom. The van der Waals surface area contributed by atoms with Gasteiger partial charge in [-0.3, -0.25) is 4.90 Å². The summed E-state index contributed by atoms with van der Waals surface area (Å²) >= 11 is 1.73. The number of nitrogens with zero attached hydrogens (tertiary/aromatic N) is 4. The molecule has 0 spiro atoms. The minimum absolute atomic E-state index is 0.453. The van der Waals surface area contributed by atoms with E-state index in [0.717, 1.165) is 28.4 Å². The number of aliphatic hydroxyl groups excluding tert-OH is 2. The lowest BCUT2D eigenvalue weighted by Crippen LogP contribution is -2.46. The van der Waals surface area contributed by atoms with Crippen LogP contribution in [0.5, 0.6) is 0 Å². The number of rotatable bonds is 3. The number of aliphatic hydroxyl groups is 2. The zero-order valence-electron chi connectivity index (χ0n) is 16.5. The number of β-amino-alcohol motifs (C(OH)–C–C–N with tert-alkyl or cyclic N) is 1. The van der Waals surface area contributed by atoms with Crippen LogP contribution in [-0.4, -0.2) is 55.4 Å². The number of aryl methyl sites for hydroxylation is 1. The first kappa shape index (κ1) is 19.2. The Morgan fingerprint density at radius 2 is 1.81 bits per heavy atom. The van der Waals surface area contributed by atoms with Crippen LogP contribution in [0.1, 0.15) is 68.4 Å². The van der Waals surface area contributed by atoms with Crippen molar-refractivity contribution in [2.24, 2.45) is 5.41 Å². The maximum atomic E-state index is 9.97. The van der Waals surface area contributed by atoms with Gasteiger partial charge in [0.1, 0.15) is 16.2 Å². The van der Waals surface area contributed by atoms with Crippen LogP contribution in [0.3, 0.4) is 0 Å². The summed E-state index contributed by atoms with van der Waals surface area (Å²) in [5, 5.41) is 20.9. The van der Waals surface area contributed by atoms with Gasteiger partial charge in [0.2, 0.25) is 0 Å². The van der Waals surface area contributed by atoms with Crippen molar-refractivity contribution in [3.05, 3.63) is 16.5 Å². The van der Waals surface area contributed by atoms with Crippen molar-refractivity contribution in [1.29, 1.82) is 0 Å². The Morgan fingerprint density at radius 1 is 1.07 bits per heavy atom. The highest BCUT2D eigenvalue weighted by Crippen LogP contribution is 2.44. The molecular weight excluding hydrogens is 360 g/mol. The van der Waals surface area contributed by atoms with E-state index in [1.807, 2.05) is 6.92 Å². The summed E-state index contributed by atoms with van der Waals surface area (Å²) in [6, 6.07) is 0. The number of fused-ring (bicyclic) bond motifs is 1. The minimum atomic E-state index is -0.686. The van der Waals surface area contributed by atoms with E-state index in [-0.39, 0.29) is 0 Å². The van der Waals surface area contributed by atoms with Gasteiger partial charge in [0, 0.05) is 25.6 Å². The van der Waals surface area contributed by atoms with E-state index in [2.05, 4.69) is 28.7 Å². The Labute approximate surface area is 164 Å². The molecule has 0 aromatic carbocycles. The molecular formula is C20H30N4O2S. The molecule has 27 heavy (non-hydrogen) atoms. The largest absolute Gasteiger partial charge is 0.390 e. The molecule has 2 atom stereocenters. The number of likely N-dealkylation sites (tertiary alicyclic amines) is 1. The van der Waals surface area contributed by atoms with Crippen LogP contribution in [-0.2, 0) is 6.54 Å². The third kappa shape index (κ3) is 4.16. The lowest BCUT2D eigenvalue weighted by Gasteiger charge is -2.33. The highest BCUT2D eigenvalue weighted by atomic mass is 32.1.